The van der Waals surface area contributed by atoms with Crippen molar-refractivity contribution in [2.24, 2.45) is 0 Å². The molecule has 0 radical (unpaired) electrons. The SMILES string of the molecule is O=C1O[C@@H](CO[PH](O)(O)O)[C@@H]2Cc3cc(-c4ccc(-n5cc(CF)nn5)nc4)ccc3N12. The second kappa shape index (κ2) is 7.84. The van der Waals surface area contributed by atoms with Gasteiger partial charge >= 0.3 is 143 Å². The number of aromatic nitrogens is 4. The predicted octanol–water partition coefficient (Wildman–Crippen LogP) is 1.45. The third kappa shape index (κ3) is 3.83. The van der Waals surface area contributed by atoms with Gasteiger partial charge < -0.3 is 0 Å². The zero-order valence-corrected chi connectivity index (χ0v) is 17.5. The van der Waals surface area contributed by atoms with Gasteiger partial charge in [-0.15, -0.1) is 5.10 Å². The fourth-order valence-electron chi connectivity index (χ4n) is 3.96. The zero-order chi connectivity index (χ0) is 22.5. The molecule has 1 amide bonds. The van der Waals surface area contributed by atoms with Crippen molar-refractivity contribution < 1.29 is 33.1 Å². The van der Waals surface area contributed by atoms with E-state index >= 15 is 0 Å². The van der Waals surface area contributed by atoms with E-state index in [0.717, 1.165) is 16.7 Å². The third-order valence-electron chi connectivity index (χ3n) is 5.41. The Balaban J connectivity index is 1.36. The van der Waals surface area contributed by atoms with Crippen LogP contribution in [-0.4, -0.2) is 59.5 Å². The Labute approximate surface area is 181 Å². The van der Waals surface area contributed by atoms with E-state index in [2.05, 4.69) is 19.8 Å². The van der Waals surface area contributed by atoms with Crippen LogP contribution in [0.1, 0.15) is 11.3 Å². The molecule has 3 N–H and O–H groups in total. The Hall–Kier alpha value is -3.02. The summed E-state index contributed by atoms with van der Waals surface area (Å²) in [7, 11) is -4.70. The molecule has 0 unspecified atom stereocenters. The van der Waals surface area contributed by atoms with Crippen molar-refractivity contribution in [2.45, 2.75) is 25.2 Å². The Kier molecular flexibility index (Phi) is 5.11. The molecule has 2 aliphatic rings. The van der Waals surface area contributed by atoms with Gasteiger partial charge in [0.15, 0.2) is 0 Å². The molecule has 5 rings (SSSR count). The number of ether oxygens (including phenoxy) is 1. The van der Waals surface area contributed by atoms with E-state index in [9.17, 15) is 9.18 Å². The fraction of sp³-hybridized carbons (Fsp3) is 0.263. The van der Waals surface area contributed by atoms with E-state index in [0.29, 0.717) is 17.9 Å². The summed E-state index contributed by atoms with van der Waals surface area (Å²) in [5.74, 6) is 0.504. The Morgan fingerprint density at radius 1 is 1.22 bits per heavy atom. The first kappa shape index (κ1) is 20.9. The van der Waals surface area contributed by atoms with E-state index in [1.807, 2.05) is 24.3 Å². The van der Waals surface area contributed by atoms with Crippen LogP contribution in [0.5, 0.6) is 0 Å². The number of pyridine rings is 1. The number of cyclic esters (lactones) is 1. The van der Waals surface area contributed by atoms with Crippen LogP contribution in [0.3, 0.4) is 0 Å². The zero-order valence-electron chi connectivity index (χ0n) is 16.5. The van der Waals surface area contributed by atoms with Gasteiger partial charge in [0.2, 0.25) is 0 Å². The molecule has 0 aliphatic carbocycles. The molecule has 1 aromatic carbocycles. The number of carbonyl (C=O) groups excluding carboxylic acids is 1. The van der Waals surface area contributed by atoms with Crippen LogP contribution in [0.25, 0.3) is 16.9 Å². The topological polar surface area (TPSA) is 143 Å². The Morgan fingerprint density at radius 2 is 2.03 bits per heavy atom. The summed E-state index contributed by atoms with van der Waals surface area (Å²) in [6.07, 6.45) is 2.33. The maximum absolute atomic E-state index is 12.7. The van der Waals surface area contributed by atoms with Crippen LogP contribution < -0.4 is 4.90 Å². The summed E-state index contributed by atoms with van der Waals surface area (Å²) in [6.45, 7) is -1.02. The quantitative estimate of drug-likeness (QED) is 0.463. The molecule has 2 atom stereocenters. The molecule has 3 aromatic rings. The number of amides is 1. The first-order valence-electron chi connectivity index (χ1n) is 9.70. The molecule has 11 nitrogen and oxygen atoms in total. The summed E-state index contributed by atoms with van der Waals surface area (Å²) < 4.78 is 24.0. The molecule has 0 spiro atoms. The van der Waals surface area contributed by atoms with Crippen molar-refractivity contribution in [3.8, 4) is 16.9 Å². The molecule has 4 heterocycles. The summed E-state index contributed by atoms with van der Waals surface area (Å²) in [6, 6.07) is 8.86. The maximum atomic E-state index is 12.7. The number of hydrogen-bond acceptors (Lipinski definition) is 9. The van der Waals surface area contributed by atoms with Gasteiger partial charge in [0, 0.05) is 0 Å². The van der Waals surface area contributed by atoms with E-state index < -0.39 is 27.0 Å². The Morgan fingerprint density at radius 3 is 2.72 bits per heavy atom. The summed E-state index contributed by atoms with van der Waals surface area (Å²) in [5.41, 5.74) is 3.58. The number of fused-ring (bicyclic) bond motifs is 3. The van der Waals surface area contributed by atoms with Gasteiger partial charge in [-0.1, -0.05) is 5.21 Å². The van der Waals surface area contributed by atoms with Gasteiger partial charge in [0.1, 0.15) is 12.4 Å². The number of halogens is 1. The number of nitrogens with zero attached hydrogens (tertiary/aromatic N) is 5. The van der Waals surface area contributed by atoms with Crippen molar-refractivity contribution in [3.05, 3.63) is 54.0 Å². The fourth-order valence-corrected chi connectivity index (χ4v) is 4.35. The van der Waals surface area contributed by atoms with Crippen molar-refractivity contribution in [1.29, 1.82) is 0 Å². The molecule has 0 saturated carbocycles. The molecule has 13 heteroatoms. The molecular formula is C19H19FN5O6P. The summed E-state index contributed by atoms with van der Waals surface area (Å²) in [4.78, 5) is 45.4. The van der Waals surface area contributed by atoms with Crippen LogP contribution in [0.15, 0.2) is 42.7 Å². The number of anilines is 1. The van der Waals surface area contributed by atoms with Crippen molar-refractivity contribution in [2.75, 3.05) is 11.5 Å². The predicted molar refractivity (Wildman–Crippen MR) is 111 cm³/mol. The molecule has 0 bridgehead atoms. The summed E-state index contributed by atoms with van der Waals surface area (Å²) >= 11 is 0. The molecule has 2 aromatic heterocycles. The molecular weight excluding hydrogens is 444 g/mol. The number of carbonyl (C=O) groups is 1. The van der Waals surface area contributed by atoms with Crippen molar-refractivity contribution >= 4 is 20.0 Å². The second-order valence-electron chi connectivity index (χ2n) is 7.49. The van der Waals surface area contributed by atoms with Crippen LogP contribution in [0.4, 0.5) is 14.9 Å². The van der Waals surface area contributed by atoms with E-state index in [4.69, 9.17) is 19.4 Å². The summed E-state index contributed by atoms with van der Waals surface area (Å²) in [5, 5.41) is 7.55. The molecule has 1 fully saturated rings. The van der Waals surface area contributed by atoms with Crippen molar-refractivity contribution in [3.63, 3.8) is 0 Å². The monoisotopic (exact) mass is 463 g/mol. The van der Waals surface area contributed by atoms with E-state index in [1.54, 1.807) is 12.3 Å². The van der Waals surface area contributed by atoms with Crippen LogP contribution in [0, 0.1) is 0 Å². The number of hydrogen-bond donors (Lipinski definition) is 3. The van der Waals surface area contributed by atoms with Gasteiger partial charge in [0.05, 0.1) is 6.20 Å². The average molecular weight is 463 g/mol. The van der Waals surface area contributed by atoms with Gasteiger partial charge in [0.25, 0.3) is 0 Å². The molecule has 32 heavy (non-hydrogen) atoms. The minimum absolute atomic E-state index is 0.224. The molecule has 1 saturated heterocycles. The van der Waals surface area contributed by atoms with Gasteiger partial charge in [-0.25, -0.2) is 9.07 Å². The van der Waals surface area contributed by atoms with Gasteiger partial charge in [-0.3, -0.25) is 0 Å². The van der Waals surface area contributed by atoms with Crippen LogP contribution in [-0.2, 0) is 22.4 Å². The van der Waals surface area contributed by atoms with E-state index in [1.165, 1.54) is 15.8 Å². The minimum atomic E-state index is -4.70. The van der Waals surface area contributed by atoms with Crippen molar-refractivity contribution in [1.82, 2.24) is 20.0 Å². The number of alkyl halides is 1. The standard InChI is InChI=1S/C19H19FN5O6P/c20-7-14-9-24(23-22-14)18-4-2-12(8-21-18)11-1-3-15-13(5-11)6-16-17(10-30-32(27,28)29)31-19(26)25(15)16/h1-5,8-9,16-17,27-29,32H,6-7,10H2/t16-,17-/m0/s1. The first-order valence-corrected chi connectivity index (χ1v) is 11.5. The van der Waals surface area contributed by atoms with Gasteiger partial charge in [-0.2, -0.15) is 0 Å². The molecule has 168 valence electrons. The average Bonchev–Trinajstić information content (AvgIpc) is 3.47. The van der Waals surface area contributed by atoms with Gasteiger partial charge in [-0.05, 0) is 0 Å². The second-order valence-corrected chi connectivity index (χ2v) is 8.92. The van der Waals surface area contributed by atoms with Crippen LogP contribution in [0.2, 0.25) is 0 Å². The third-order valence-corrected chi connectivity index (χ3v) is 5.97. The normalized spacial score (nSPS) is 20.2. The molecule has 2 aliphatic heterocycles. The number of rotatable bonds is 6. The number of benzene rings is 1. The first-order chi connectivity index (χ1) is 15.3. The van der Waals surface area contributed by atoms with E-state index in [-0.39, 0.29) is 18.3 Å². The Bertz CT molecular complexity index is 1170. The van der Waals surface area contributed by atoms with Crippen LogP contribution >= 0.6 is 8.17 Å².